The Hall–Kier alpha value is -1.81. The molecule has 0 bridgehead atoms. The van der Waals surface area contributed by atoms with Crippen molar-refractivity contribution in [1.82, 2.24) is 4.98 Å². The number of hydrogen-bond donors (Lipinski definition) is 0. The predicted octanol–water partition coefficient (Wildman–Crippen LogP) is 3.15. The summed E-state index contributed by atoms with van der Waals surface area (Å²) in [6, 6.07) is 9.91. The SMILES string of the molecule is C1=NN=NC1c1ccnc2ccccc12.Cl. The summed E-state index contributed by atoms with van der Waals surface area (Å²) in [5, 5.41) is 12.5. The van der Waals surface area contributed by atoms with E-state index < -0.39 is 0 Å². The number of halogens is 1. The van der Waals surface area contributed by atoms with E-state index in [4.69, 9.17) is 0 Å². The summed E-state index contributed by atoms with van der Waals surface area (Å²) in [6.07, 6.45) is 3.53. The summed E-state index contributed by atoms with van der Waals surface area (Å²) in [5.74, 6) is 0. The number of aromatic nitrogens is 1. The Morgan fingerprint density at radius 1 is 1.06 bits per heavy atom. The van der Waals surface area contributed by atoms with Gasteiger partial charge in [0.25, 0.3) is 0 Å². The molecular weight excluding hydrogens is 224 g/mol. The first-order valence-electron chi connectivity index (χ1n) is 4.72. The van der Waals surface area contributed by atoms with Crippen LogP contribution >= 0.6 is 12.4 Å². The third-order valence-corrected chi connectivity index (χ3v) is 2.44. The predicted molar refractivity (Wildman–Crippen MR) is 65.1 cm³/mol. The summed E-state index contributed by atoms with van der Waals surface area (Å²) in [5.41, 5.74) is 2.08. The van der Waals surface area contributed by atoms with E-state index in [1.807, 2.05) is 30.3 Å². The van der Waals surface area contributed by atoms with Gasteiger partial charge in [-0.15, -0.1) is 17.5 Å². The van der Waals surface area contributed by atoms with Gasteiger partial charge in [0.1, 0.15) is 6.04 Å². The second-order valence-corrected chi connectivity index (χ2v) is 3.33. The molecule has 1 aromatic heterocycles. The molecule has 0 N–H and O–H groups in total. The highest BCUT2D eigenvalue weighted by Crippen LogP contribution is 2.26. The fourth-order valence-electron chi connectivity index (χ4n) is 1.73. The van der Waals surface area contributed by atoms with Crippen molar-refractivity contribution in [3.8, 4) is 0 Å². The van der Waals surface area contributed by atoms with Crippen LogP contribution in [0.2, 0.25) is 0 Å². The van der Waals surface area contributed by atoms with Crippen LogP contribution in [0.15, 0.2) is 52.0 Å². The first kappa shape index (κ1) is 10.7. The first-order valence-corrected chi connectivity index (χ1v) is 4.72. The van der Waals surface area contributed by atoms with Gasteiger partial charge in [-0.1, -0.05) is 18.2 Å². The molecule has 0 amide bonds. The van der Waals surface area contributed by atoms with Crippen molar-refractivity contribution in [2.24, 2.45) is 15.4 Å². The van der Waals surface area contributed by atoms with Crippen LogP contribution in [0.5, 0.6) is 0 Å². The zero-order valence-corrected chi connectivity index (χ0v) is 9.13. The van der Waals surface area contributed by atoms with Gasteiger partial charge in [-0.25, -0.2) is 0 Å². The number of hydrogen-bond acceptors (Lipinski definition) is 4. The quantitative estimate of drug-likeness (QED) is 0.745. The van der Waals surface area contributed by atoms with Crippen molar-refractivity contribution >= 4 is 29.5 Å². The van der Waals surface area contributed by atoms with Gasteiger partial charge in [-0.2, -0.15) is 5.11 Å². The molecule has 1 unspecified atom stereocenters. The molecule has 0 spiro atoms. The van der Waals surface area contributed by atoms with Crippen LogP contribution < -0.4 is 0 Å². The molecule has 0 saturated heterocycles. The van der Waals surface area contributed by atoms with Gasteiger partial charge in [0.2, 0.25) is 0 Å². The molecule has 0 fully saturated rings. The first-order chi connectivity index (χ1) is 7.45. The number of nitrogens with zero attached hydrogens (tertiary/aromatic N) is 4. The fourth-order valence-corrected chi connectivity index (χ4v) is 1.73. The molecule has 1 aliphatic rings. The highest BCUT2D eigenvalue weighted by Gasteiger charge is 2.14. The van der Waals surface area contributed by atoms with Gasteiger partial charge in [-0.3, -0.25) is 4.98 Å². The minimum absolute atomic E-state index is 0. The van der Waals surface area contributed by atoms with Crippen LogP contribution in [0.25, 0.3) is 10.9 Å². The van der Waals surface area contributed by atoms with E-state index in [1.165, 1.54) is 0 Å². The lowest BCUT2D eigenvalue weighted by Crippen LogP contribution is -1.95. The van der Waals surface area contributed by atoms with E-state index in [-0.39, 0.29) is 18.4 Å². The standard InChI is InChI=1S/C11H8N4.ClH/c1-2-4-10-8(3-1)9(5-6-12-10)11-7-13-15-14-11;/h1-7,11H;1H. The Bertz CT molecular complexity index is 547. The number of pyridine rings is 1. The molecule has 1 aromatic carbocycles. The van der Waals surface area contributed by atoms with E-state index in [0.29, 0.717) is 0 Å². The maximum Gasteiger partial charge on any atom is 0.136 e. The molecule has 0 aliphatic carbocycles. The highest BCUT2D eigenvalue weighted by molar-refractivity contribution is 5.86. The molecule has 2 heterocycles. The molecule has 0 saturated carbocycles. The molecule has 16 heavy (non-hydrogen) atoms. The summed E-state index contributed by atoms with van der Waals surface area (Å²) in [4.78, 5) is 4.30. The summed E-state index contributed by atoms with van der Waals surface area (Å²) >= 11 is 0. The van der Waals surface area contributed by atoms with Gasteiger partial charge < -0.3 is 0 Å². The summed E-state index contributed by atoms with van der Waals surface area (Å²) in [7, 11) is 0. The van der Waals surface area contributed by atoms with Gasteiger partial charge in [-0.05, 0) is 22.9 Å². The van der Waals surface area contributed by atoms with Crippen LogP contribution in [0.3, 0.4) is 0 Å². The number of benzene rings is 1. The monoisotopic (exact) mass is 232 g/mol. The Labute approximate surface area is 98.5 Å². The van der Waals surface area contributed by atoms with E-state index >= 15 is 0 Å². The third-order valence-electron chi connectivity index (χ3n) is 2.44. The normalized spacial score (nSPS) is 17.6. The molecule has 3 rings (SSSR count). The molecule has 0 radical (unpaired) electrons. The second kappa shape index (κ2) is 4.37. The van der Waals surface area contributed by atoms with Crippen molar-refractivity contribution in [3.05, 3.63) is 42.1 Å². The lowest BCUT2D eigenvalue weighted by atomic mass is 10.0. The van der Waals surface area contributed by atoms with Crippen molar-refractivity contribution < 1.29 is 0 Å². The minimum Gasteiger partial charge on any atom is -0.256 e. The van der Waals surface area contributed by atoms with Crippen LogP contribution in [-0.2, 0) is 0 Å². The van der Waals surface area contributed by atoms with E-state index in [9.17, 15) is 0 Å². The largest absolute Gasteiger partial charge is 0.256 e. The van der Waals surface area contributed by atoms with E-state index in [2.05, 4.69) is 20.4 Å². The van der Waals surface area contributed by atoms with Gasteiger partial charge in [0.05, 0.1) is 11.7 Å². The lowest BCUT2D eigenvalue weighted by molar-refractivity contribution is 0.913. The van der Waals surface area contributed by atoms with Crippen LogP contribution in [0.4, 0.5) is 0 Å². The molecular formula is C11H9ClN4. The Kier molecular flexibility index (Phi) is 2.92. The molecule has 80 valence electrons. The number of rotatable bonds is 1. The van der Waals surface area contributed by atoms with Gasteiger partial charge in [0.15, 0.2) is 0 Å². The van der Waals surface area contributed by atoms with Crippen molar-refractivity contribution in [2.45, 2.75) is 6.04 Å². The van der Waals surface area contributed by atoms with Crippen LogP contribution in [0, 0.1) is 0 Å². The topological polar surface area (TPSA) is 50.0 Å². The van der Waals surface area contributed by atoms with Crippen molar-refractivity contribution in [1.29, 1.82) is 0 Å². The van der Waals surface area contributed by atoms with Crippen LogP contribution in [0.1, 0.15) is 11.6 Å². The third kappa shape index (κ3) is 1.67. The smallest absolute Gasteiger partial charge is 0.136 e. The average Bonchev–Trinajstić information content (AvgIpc) is 2.82. The fraction of sp³-hybridized carbons (Fsp3) is 0.0909. The van der Waals surface area contributed by atoms with Gasteiger partial charge in [0, 0.05) is 11.6 Å². The average molecular weight is 233 g/mol. The van der Waals surface area contributed by atoms with Gasteiger partial charge >= 0.3 is 0 Å². The lowest BCUT2D eigenvalue weighted by Gasteiger charge is -2.06. The zero-order valence-electron chi connectivity index (χ0n) is 8.32. The number of fused-ring (bicyclic) bond motifs is 1. The summed E-state index contributed by atoms with van der Waals surface area (Å²) in [6.45, 7) is 0. The molecule has 5 heteroatoms. The Morgan fingerprint density at radius 2 is 1.94 bits per heavy atom. The molecule has 2 aromatic rings. The Balaban J connectivity index is 0.000000963. The van der Waals surface area contributed by atoms with Crippen LogP contribution in [-0.4, -0.2) is 11.2 Å². The summed E-state index contributed by atoms with van der Waals surface area (Å²) < 4.78 is 0. The molecule has 1 aliphatic heterocycles. The molecule has 4 nitrogen and oxygen atoms in total. The minimum atomic E-state index is -0.0575. The maximum absolute atomic E-state index is 4.30. The molecule has 1 atom stereocenters. The maximum atomic E-state index is 4.30. The number of para-hydroxylation sites is 1. The van der Waals surface area contributed by atoms with E-state index in [1.54, 1.807) is 12.4 Å². The highest BCUT2D eigenvalue weighted by atomic mass is 35.5. The second-order valence-electron chi connectivity index (χ2n) is 3.33. The zero-order chi connectivity index (χ0) is 10.1. The Morgan fingerprint density at radius 3 is 2.75 bits per heavy atom. The van der Waals surface area contributed by atoms with Crippen molar-refractivity contribution in [3.63, 3.8) is 0 Å². The van der Waals surface area contributed by atoms with Crippen molar-refractivity contribution in [2.75, 3.05) is 0 Å². The van der Waals surface area contributed by atoms with E-state index in [0.717, 1.165) is 16.5 Å².